The van der Waals surface area contributed by atoms with Crippen LogP contribution >= 0.6 is 0 Å². The first-order valence-electron chi connectivity index (χ1n) is 1.24. The van der Waals surface area contributed by atoms with Crippen LogP contribution in [-0.2, 0) is 0 Å². The molecule has 0 heterocycles. The van der Waals surface area contributed by atoms with Crippen LogP contribution in [0.2, 0.25) is 5.79 Å². The summed E-state index contributed by atoms with van der Waals surface area (Å²) >= 11 is -0.00579. The summed E-state index contributed by atoms with van der Waals surface area (Å²) < 4.78 is 3.24. The van der Waals surface area contributed by atoms with Crippen molar-refractivity contribution in [2.75, 3.05) is 0 Å². The molecule has 3 nitrogen and oxygen atoms in total. The molecule has 0 aromatic heterocycles. The molecule has 0 bridgehead atoms. The van der Waals surface area contributed by atoms with E-state index in [1.54, 1.807) is 0 Å². The van der Waals surface area contributed by atoms with Crippen molar-refractivity contribution in [2.24, 2.45) is 4.10 Å². The molecule has 0 spiro atoms. The van der Waals surface area contributed by atoms with Crippen molar-refractivity contribution in [3.05, 3.63) is 10.4 Å². The second kappa shape index (κ2) is 3.84. The maximum absolute atomic E-state index is 7.55. The highest BCUT2D eigenvalue weighted by molar-refractivity contribution is 6.30. The van der Waals surface area contributed by atoms with Gasteiger partial charge in [-0.3, -0.25) is 0 Å². The third kappa shape index (κ3) is 3.84. The van der Waals surface area contributed by atoms with Crippen LogP contribution in [0.25, 0.3) is 10.4 Å². The SMILES string of the molecule is [CH3][Al][N]=[N+]=[N-]. The molecule has 0 amide bonds. The van der Waals surface area contributed by atoms with Crippen molar-refractivity contribution in [3.63, 3.8) is 0 Å². The van der Waals surface area contributed by atoms with E-state index in [1.807, 2.05) is 5.79 Å². The van der Waals surface area contributed by atoms with Crippen LogP contribution in [-0.4, -0.2) is 15.4 Å². The Hall–Kier alpha value is -0.158. The highest BCUT2D eigenvalue weighted by Crippen LogP contribution is 1.57. The largest absolute Gasteiger partial charge is 0.328 e. The Morgan fingerprint density at radius 3 is 2.60 bits per heavy atom. The van der Waals surface area contributed by atoms with Gasteiger partial charge in [-0.25, -0.2) is 4.10 Å². The molecule has 0 aliphatic heterocycles. The molecule has 0 aromatic rings. The van der Waals surface area contributed by atoms with Crippen molar-refractivity contribution in [1.82, 2.24) is 0 Å². The lowest BCUT2D eigenvalue weighted by molar-refractivity contribution is 1.72. The minimum absolute atomic E-state index is 0.00579. The second-order valence-corrected chi connectivity index (χ2v) is 1.21. The summed E-state index contributed by atoms with van der Waals surface area (Å²) in [5, 5.41) is 0. The molecule has 25 valence electrons. The van der Waals surface area contributed by atoms with Gasteiger partial charge in [-0.05, 0) is 10.4 Å². The van der Waals surface area contributed by atoms with Gasteiger partial charge in [0, 0.05) is 0 Å². The van der Waals surface area contributed by atoms with Crippen LogP contribution in [0.1, 0.15) is 0 Å². The summed E-state index contributed by atoms with van der Waals surface area (Å²) in [5.74, 6) is 1.87. The third-order valence-corrected chi connectivity index (χ3v) is 0.501. The van der Waals surface area contributed by atoms with Gasteiger partial charge < -0.3 is 0 Å². The number of hydrogen-bond acceptors (Lipinski definition) is 1. The minimum Gasteiger partial charge on any atom is -0.216 e. The Kier molecular flexibility index (Phi) is 3.72. The number of nitrogens with zero attached hydrogens (tertiary/aromatic N) is 3. The second-order valence-electron chi connectivity index (χ2n) is 0.463. The average Bonchev–Trinajstić information content (AvgIpc) is 1.41. The van der Waals surface area contributed by atoms with Crippen molar-refractivity contribution < 1.29 is 0 Å². The third-order valence-electron chi connectivity index (χ3n) is 0.167. The van der Waals surface area contributed by atoms with E-state index in [-0.39, 0.29) is 15.4 Å². The molecule has 0 aliphatic rings. The molecule has 0 saturated heterocycles. The van der Waals surface area contributed by atoms with Crippen LogP contribution in [0, 0.1) is 0 Å². The zero-order valence-corrected chi connectivity index (χ0v) is 4.07. The maximum atomic E-state index is 7.55. The molecule has 0 rings (SSSR count). The van der Waals surface area contributed by atoms with Gasteiger partial charge in [-0.15, -0.1) is 5.79 Å². The summed E-state index contributed by atoms with van der Waals surface area (Å²) in [4.78, 5) is 2.52. The fourth-order valence-corrected chi connectivity index (χ4v) is 0.155. The molecule has 5 heavy (non-hydrogen) atoms. The monoisotopic (exact) mass is 84.0 g/mol. The standard InChI is InChI=1S/CH3.Al.N3/c;;1-3-2/h1H3;;/q;+1;-1. The van der Waals surface area contributed by atoms with Crippen LogP contribution in [0.3, 0.4) is 0 Å². The lowest BCUT2D eigenvalue weighted by Crippen LogP contribution is -1.60. The molecule has 0 unspecified atom stereocenters. The summed E-state index contributed by atoms with van der Waals surface area (Å²) in [6.07, 6.45) is 0. The number of rotatable bonds is 1. The molecular formula is CH3AlN3. The first kappa shape index (κ1) is 4.84. The Balaban J connectivity index is 2.93. The van der Waals surface area contributed by atoms with Crippen LogP contribution < -0.4 is 0 Å². The lowest BCUT2D eigenvalue weighted by Gasteiger charge is -1.52. The first-order valence-corrected chi connectivity index (χ1v) is 2.91. The summed E-state index contributed by atoms with van der Waals surface area (Å²) in [6, 6.07) is 0. The molecule has 0 fully saturated rings. The topological polar surface area (TPSA) is 48.8 Å². The predicted molar refractivity (Wildman–Crippen MR) is 20.8 cm³/mol. The normalized spacial score (nSPS) is 5.00. The van der Waals surface area contributed by atoms with E-state index < -0.39 is 0 Å². The average molecular weight is 84.0 g/mol. The van der Waals surface area contributed by atoms with Gasteiger partial charge in [0.25, 0.3) is 0 Å². The van der Waals surface area contributed by atoms with E-state index in [0.29, 0.717) is 0 Å². The fraction of sp³-hybridized carbons (Fsp3) is 1.00. The number of hydrogen-bond donors (Lipinski definition) is 0. The minimum atomic E-state index is -0.00579. The molecule has 4 heteroatoms. The fourth-order valence-electron chi connectivity index (χ4n) is 0.0516. The van der Waals surface area contributed by atoms with Crippen molar-refractivity contribution in [1.29, 1.82) is 0 Å². The Morgan fingerprint density at radius 1 is 2.00 bits per heavy atom. The van der Waals surface area contributed by atoms with Gasteiger partial charge in [0.15, 0.2) is 0 Å². The van der Waals surface area contributed by atoms with Gasteiger partial charge in [0.2, 0.25) is 0 Å². The van der Waals surface area contributed by atoms with E-state index in [1.165, 1.54) is 0 Å². The summed E-state index contributed by atoms with van der Waals surface area (Å²) in [6.45, 7) is 0. The van der Waals surface area contributed by atoms with Gasteiger partial charge in [-0.2, -0.15) is 0 Å². The predicted octanol–water partition coefficient (Wildman–Crippen LogP) is 0.964. The van der Waals surface area contributed by atoms with E-state index in [2.05, 4.69) is 9.01 Å². The molecule has 1 radical (unpaired) electrons. The van der Waals surface area contributed by atoms with Crippen LogP contribution in [0.5, 0.6) is 0 Å². The van der Waals surface area contributed by atoms with Crippen molar-refractivity contribution in [2.45, 2.75) is 5.79 Å². The van der Waals surface area contributed by atoms with Crippen molar-refractivity contribution in [3.8, 4) is 0 Å². The van der Waals surface area contributed by atoms with Crippen LogP contribution in [0.15, 0.2) is 4.10 Å². The van der Waals surface area contributed by atoms with Gasteiger partial charge in [-0.1, -0.05) is 0 Å². The van der Waals surface area contributed by atoms with E-state index in [4.69, 9.17) is 5.53 Å². The van der Waals surface area contributed by atoms with E-state index in [0.717, 1.165) is 0 Å². The molecule has 0 aliphatic carbocycles. The molecule has 0 N–H and O–H groups in total. The maximum Gasteiger partial charge on any atom is 0.328 e. The van der Waals surface area contributed by atoms with Gasteiger partial charge in [0.05, 0.1) is 0 Å². The molecule has 0 atom stereocenters. The smallest absolute Gasteiger partial charge is 0.216 e. The zero-order valence-electron chi connectivity index (χ0n) is 2.92. The van der Waals surface area contributed by atoms with E-state index >= 15 is 0 Å². The van der Waals surface area contributed by atoms with E-state index in [9.17, 15) is 0 Å². The quantitative estimate of drug-likeness (QED) is 0.197. The Morgan fingerprint density at radius 2 is 2.60 bits per heavy atom. The Bertz CT molecular complexity index is 53.9. The molecule has 0 aromatic carbocycles. The summed E-state index contributed by atoms with van der Waals surface area (Å²) in [7, 11) is 0. The first-order chi connectivity index (χ1) is 2.41. The highest BCUT2D eigenvalue weighted by Gasteiger charge is 1.61. The molecule has 0 saturated carbocycles. The van der Waals surface area contributed by atoms with Crippen molar-refractivity contribution >= 4 is 15.4 Å². The number of azide groups is 1. The van der Waals surface area contributed by atoms with Gasteiger partial charge >= 0.3 is 15.4 Å². The zero-order chi connectivity index (χ0) is 4.12. The lowest BCUT2D eigenvalue weighted by atomic mass is 11.9. The Labute approximate surface area is 36.5 Å². The molecular weight excluding hydrogens is 81.0 g/mol. The van der Waals surface area contributed by atoms with Gasteiger partial charge in [0.1, 0.15) is 0 Å². The summed E-state index contributed by atoms with van der Waals surface area (Å²) in [5.41, 5.74) is 7.55. The highest BCUT2D eigenvalue weighted by atomic mass is 27.1. The van der Waals surface area contributed by atoms with Crippen LogP contribution in [0.4, 0.5) is 0 Å².